The molecule has 162 valence electrons. The molecule has 2 rings (SSSR count). The molecule has 0 spiro atoms. The van der Waals surface area contributed by atoms with Gasteiger partial charge >= 0.3 is 6.09 Å². The van der Waals surface area contributed by atoms with Crippen LogP contribution in [0.1, 0.15) is 31.9 Å². The van der Waals surface area contributed by atoms with Crippen LogP contribution in [0.25, 0.3) is 12.2 Å². The van der Waals surface area contributed by atoms with Gasteiger partial charge < -0.3 is 9.64 Å². The van der Waals surface area contributed by atoms with Crippen molar-refractivity contribution in [2.75, 3.05) is 30.4 Å². The third-order valence-corrected chi connectivity index (χ3v) is 4.32. The van der Waals surface area contributed by atoms with Crippen molar-refractivity contribution in [1.82, 2.24) is 0 Å². The van der Waals surface area contributed by atoms with Crippen molar-refractivity contribution < 1.29 is 9.53 Å². The van der Waals surface area contributed by atoms with Gasteiger partial charge in [-0.2, -0.15) is 0 Å². The van der Waals surface area contributed by atoms with Crippen LogP contribution in [0, 0.1) is 0 Å². The summed E-state index contributed by atoms with van der Waals surface area (Å²) in [5, 5.41) is 5.11. The van der Waals surface area contributed by atoms with Crippen molar-refractivity contribution in [1.29, 1.82) is 0 Å². The number of amides is 1. The predicted octanol–water partition coefficient (Wildman–Crippen LogP) is 6.30. The number of allylic oxidation sites excluding steroid dienone is 2. The van der Waals surface area contributed by atoms with E-state index < -0.39 is 11.7 Å². The minimum atomic E-state index is -0.519. The number of ether oxygens (including phenoxy) is 1. The van der Waals surface area contributed by atoms with E-state index in [9.17, 15) is 4.79 Å². The van der Waals surface area contributed by atoms with Gasteiger partial charge in [0.15, 0.2) is 0 Å². The van der Waals surface area contributed by atoms with Crippen LogP contribution in [-0.4, -0.2) is 37.0 Å². The van der Waals surface area contributed by atoms with Gasteiger partial charge in [-0.05, 0) is 68.4 Å². The number of nitrogens with zero attached hydrogens (tertiary/aromatic N) is 2. The molecule has 0 radical (unpaired) electrons. The topological polar surface area (TPSA) is 53.9 Å². The number of likely N-dealkylation sites (N-methyl/N-ethyl adjacent to an activating group) is 1. The molecule has 0 atom stereocenters. The number of isothiocyanates is 1. The molecule has 0 aromatic heterocycles. The smallest absolute Gasteiger partial charge is 0.412 e. The highest BCUT2D eigenvalue weighted by Gasteiger charge is 2.15. The Morgan fingerprint density at radius 1 is 1.06 bits per heavy atom. The molecule has 6 heteroatoms. The Labute approximate surface area is 190 Å². The molecule has 0 saturated heterocycles. The molecule has 31 heavy (non-hydrogen) atoms. The number of carbonyl (C=O) groups excluding carboxylic acids is 1. The maximum absolute atomic E-state index is 11.8. The lowest BCUT2D eigenvalue weighted by atomic mass is 10.1. The van der Waals surface area contributed by atoms with E-state index in [0.717, 1.165) is 23.4 Å². The Hall–Kier alpha value is -3.21. The summed E-state index contributed by atoms with van der Waals surface area (Å²) >= 11 is 4.59. The van der Waals surface area contributed by atoms with Gasteiger partial charge in [0.05, 0.1) is 11.7 Å². The van der Waals surface area contributed by atoms with Crippen LogP contribution in [0.2, 0.25) is 0 Å². The van der Waals surface area contributed by atoms with Crippen molar-refractivity contribution in [3.63, 3.8) is 0 Å². The quantitative estimate of drug-likeness (QED) is 0.300. The van der Waals surface area contributed by atoms with E-state index in [1.165, 1.54) is 0 Å². The second kappa shape index (κ2) is 11.8. The summed E-state index contributed by atoms with van der Waals surface area (Å²) in [6, 6.07) is 15.9. The minimum Gasteiger partial charge on any atom is -0.444 e. The van der Waals surface area contributed by atoms with E-state index in [-0.39, 0.29) is 0 Å². The number of aliphatic imine (C=N–C) groups is 1. The van der Waals surface area contributed by atoms with Gasteiger partial charge in [-0.25, -0.2) is 9.79 Å². The van der Waals surface area contributed by atoms with Crippen molar-refractivity contribution in [2.24, 2.45) is 4.99 Å². The zero-order valence-electron chi connectivity index (χ0n) is 18.5. The van der Waals surface area contributed by atoms with E-state index in [2.05, 4.69) is 62.9 Å². The molecule has 1 amide bonds. The molecule has 0 heterocycles. The zero-order chi connectivity index (χ0) is 22.7. The molecule has 0 aliphatic heterocycles. The second-order valence-corrected chi connectivity index (χ2v) is 8.14. The molecule has 0 saturated carbocycles. The van der Waals surface area contributed by atoms with Crippen LogP contribution in [0.3, 0.4) is 0 Å². The maximum atomic E-state index is 11.8. The van der Waals surface area contributed by atoms with Crippen LogP contribution in [0.4, 0.5) is 16.2 Å². The summed E-state index contributed by atoms with van der Waals surface area (Å²) in [7, 11) is 2.03. The number of hydrogen-bond donors (Lipinski definition) is 1. The minimum absolute atomic E-state index is 0.459. The Balaban J connectivity index is 1.86. The molecule has 0 aliphatic rings. The van der Waals surface area contributed by atoms with Crippen molar-refractivity contribution in [2.45, 2.75) is 26.4 Å². The maximum Gasteiger partial charge on any atom is 0.412 e. The summed E-state index contributed by atoms with van der Waals surface area (Å²) in [6.07, 6.45) is 7.58. The van der Waals surface area contributed by atoms with Crippen LogP contribution >= 0.6 is 12.2 Å². The van der Waals surface area contributed by atoms with Crippen LogP contribution < -0.4 is 10.2 Å². The van der Waals surface area contributed by atoms with Gasteiger partial charge in [0.1, 0.15) is 5.60 Å². The highest BCUT2D eigenvalue weighted by molar-refractivity contribution is 7.78. The molecule has 0 bridgehead atoms. The van der Waals surface area contributed by atoms with Gasteiger partial charge in [0, 0.05) is 25.0 Å². The third-order valence-electron chi connectivity index (χ3n) is 4.19. The fourth-order valence-corrected chi connectivity index (χ4v) is 2.74. The monoisotopic (exact) mass is 435 g/mol. The number of hydrogen-bond acceptors (Lipinski definition) is 5. The van der Waals surface area contributed by atoms with E-state index in [0.29, 0.717) is 12.2 Å². The molecule has 2 aromatic carbocycles. The fraction of sp³-hybridized carbons (Fsp3) is 0.280. The van der Waals surface area contributed by atoms with Gasteiger partial charge in [-0.15, -0.1) is 0 Å². The number of anilines is 2. The number of carbonyl (C=O) groups is 1. The summed E-state index contributed by atoms with van der Waals surface area (Å²) < 4.78 is 5.25. The highest BCUT2D eigenvalue weighted by atomic mass is 32.1. The molecular weight excluding hydrogens is 406 g/mol. The molecule has 5 nitrogen and oxygen atoms in total. The van der Waals surface area contributed by atoms with Crippen LogP contribution in [-0.2, 0) is 4.74 Å². The van der Waals surface area contributed by atoms with E-state index in [1.807, 2.05) is 70.3 Å². The standard InChI is InChI=1S/C25H29N3O2S/c1-25(2,3)30-24(29)27-22-13-9-20(10-14-22)7-5-6-8-21-11-15-23(16-12-21)28(4)18-17-26-19-31/h5-16H,17-18H2,1-4H3,(H,27,29)/b7-5+,8-6+. The molecular formula is C25H29N3O2S. The van der Waals surface area contributed by atoms with Crippen molar-refractivity contribution in [3.05, 3.63) is 71.8 Å². The third kappa shape index (κ3) is 9.43. The summed E-state index contributed by atoms with van der Waals surface area (Å²) in [5.41, 5.74) is 3.47. The van der Waals surface area contributed by atoms with Crippen molar-refractivity contribution in [3.8, 4) is 0 Å². The lowest BCUT2D eigenvalue weighted by molar-refractivity contribution is 0.0636. The second-order valence-electron chi connectivity index (χ2n) is 7.95. The fourth-order valence-electron chi connectivity index (χ4n) is 2.65. The van der Waals surface area contributed by atoms with Gasteiger partial charge in [-0.1, -0.05) is 48.6 Å². The van der Waals surface area contributed by atoms with Crippen molar-refractivity contribution >= 4 is 47.0 Å². The summed E-state index contributed by atoms with van der Waals surface area (Å²) in [4.78, 5) is 17.9. The average molecular weight is 436 g/mol. The largest absolute Gasteiger partial charge is 0.444 e. The van der Waals surface area contributed by atoms with E-state index in [1.54, 1.807) is 0 Å². The molecule has 2 aromatic rings. The Morgan fingerprint density at radius 2 is 1.61 bits per heavy atom. The summed E-state index contributed by atoms with van der Waals surface area (Å²) in [6.45, 7) is 6.94. The normalized spacial score (nSPS) is 11.4. The number of thiocarbonyl (C=S) groups is 1. The first-order valence-electron chi connectivity index (χ1n) is 10.1. The number of benzene rings is 2. The van der Waals surface area contributed by atoms with E-state index >= 15 is 0 Å². The zero-order valence-corrected chi connectivity index (χ0v) is 19.3. The van der Waals surface area contributed by atoms with Crippen LogP contribution in [0.5, 0.6) is 0 Å². The average Bonchev–Trinajstić information content (AvgIpc) is 2.71. The first-order chi connectivity index (χ1) is 14.8. The highest BCUT2D eigenvalue weighted by Crippen LogP contribution is 2.16. The lowest BCUT2D eigenvalue weighted by Gasteiger charge is -2.19. The molecule has 0 fully saturated rings. The van der Waals surface area contributed by atoms with Crippen LogP contribution in [0.15, 0.2) is 65.7 Å². The first-order valence-corrected chi connectivity index (χ1v) is 10.5. The van der Waals surface area contributed by atoms with E-state index in [4.69, 9.17) is 4.74 Å². The van der Waals surface area contributed by atoms with Gasteiger partial charge in [0.2, 0.25) is 0 Å². The molecule has 1 N–H and O–H groups in total. The molecule has 0 aliphatic carbocycles. The van der Waals surface area contributed by atoms with Gasteiger partial charge in [0.25, 0.3) is 0 Å². The molecule has 0 unspecified atom stereocenters. The number of nitrogens with one attached hydrogen (secondary N) is 1. The first kappa shape index (κ1) is 24.1. The SMILES string of the molecule is CN(CCN=C=S)c1ccc(/C=C/C=C/c2ccc(NC(=O)OC(C)(C)C)cc2)cc1. The van der Waals surface area contributed by atoms with Gasteiger partial charge in [-0.3, -0.25) is 5.32 Å². The summed E-state index contributed by atoms with van der Waals surface area (Å²) in [5.74, 6) is 0. The lowest BCUT2D eigenvalue weighted by Crippen LogP contribution is -2.27. The predicted molar refractivity (Wildman–Crippen MR) is 134 cm³/mol. The Kier molecular flexibility index (Phi) is 9.19. The number of rotatable bonds is 8. The Bertz CT molecular complexity index is 952. The Morgan fingerprint density at radius 3 is 2.13 bits per heavy atom.